The van der Waals surface area contributed by atoms with Crippen LogP contribution >= 0.6 is 0 Å². The third-order valence-electron chi connectivity index (χ3n) is 1.69. The first kappa shape index (κ1) is 7.60. The predicted molar refractivity (Wildman–Crippen MR) is 46.8 cm³/mol. The molecule has 5 nitrogen and oxygen atoms in total. The van der Waals surface area contributed by atoms with E-state index in [0.29, 0.717) is 5.69 Å². The number of hydrogen-bond acceptors (Lipinski definition) is 2. The zero-order valence-electron chi connectivity index (χ0n) is 6.64. The molecule has 5 heteroatoms. The standard InChI is InChI=1S/C8H7N3O2/c12-8(13)10-6-2-1-3-11-5-9-4-7(6)11/h1-5,10H,(H,12,13). The van der Waals surface area contributed by atoms with Gasteiger partial charge in [-0.3, -0.25) is 5.32 Å². The monoisotopic (exact) mass is 177 g/mol. The largest absolute Gasteiger partial charge is 0.465 e. The number of aromatic nitrogens is 2. The summed E-state index contributed by atoms with van der Waals surface area (Å²) in [4.78, 5) is 14.3. The lowest BCUT2D eigenvalue weighted by atomic mass is 10.3. The lowest BCUT2D eigenvalue weighted by Crippen LogP contribution is -2.07. The van der Waals surface area contributed by atoms with Gasteiger partial charge in [0.05, 0.1) is 23.7 Å². The lowest BCUT2D eigenvalue weighted by molar-refractivity contribution is 0.210. The number of rotatable bonds is 1. The smallest absolute Gasteiger partial charge is 0.409 e. The molecule has 0 radical (unpaired) electrons. The van der Waals surface area contributed by atoms with E-state index in [1.165, 1.54) is 0 Å². The number of carbonyl (C=O) groups is 1. The molecule has 2 heterocycles. The van der Waals surface area contributed by atoms with Gasteiger partial charge in [0.1, 0.15) is 0 Å². The zero-order chi connectivity index (χ0) is 9.26. The van der Waals surface area contributed by atoms with E-state index in [4.69, 9.17) is 5.11 Å². The Hall–Kier alpha value is -2.04. The number of nitrogens with zero attached hydrogens (tertiary/aromatic N) is 2. The molecule has 2 N–H and O–H groups in total. The first-order valence-corrected chi connectivity index (χ1v) is 3.68. The van der Waals surface area contributed by atoms with Crippen LogP contribution in [0.25, 0.3) is 5.52 Å². The SMILES string of the molecule is O=C(O)Nc1cccn2cncc12. The van der Waals surface area contributed by atoms with Crippen molar-refractivity contribution in [2.24, 2.45) is 0 Å². The van der Waals surface area contributed by atoms with Crippen LogP contribution in [0.5, 0.6) is 0 Å². The van der Waals surface area contributed by atoms with E-state index < -0.39 is 6.09 Å². The fourth-order valence-corrected chi connectivity index (χ4v) is 1.17. The second-order valence-electron chi connectivity index (χ2n) is 2.54. The van der Waals surface area contributed by atoms with Gasteiger partial charge < -0.3 is 9.51 Å². The van der Waals surface area contributed by atoms with Crippen LogP contribution in [0.4, 0.5) is 10.5 Å². The summed E-state index contributed by atoms with van der Waals surface area (Å²) < 4.78 is 1.74. The molecule has 2 aromatic heterocycles. The van der Waals surface area contributed by atoms with Gasteiger partial charge in [0.2, 0.25) is 0 Å². The van der Waals surface area contributed by atoms with E-state index in [1.807, 2.05) is 0 Å². The van der Waals surface area contributed by atoms with Crippen LogP contribution in [0, 0.1) is 0 Å². The number of fused-ring (bicyclic) bond motifs is 1. The second kappa shape index (κ2) is 2.78. The van der Waals surface area contributed by atoms with Gasteiger partial charge in [-0.1, -0.05) is 0 Å². The quantitative estimate of drug-likeness (QED) is 0.692. The summed E-state index contributed by atoms with van der Waals surface area (Å²) in [6.45, 7) is 0. The molecule has 0 spiro atoms. The number of hydrogen-bond donors (Lipinski definition) is 2. The molecule has 0 saturated heterocycles. The number of amides is 1. The minimum atomic E-state index is -1.07. The Morgan fingerprint density at radius 1 is 1.62 bits per heavy atom. The summed E-state index contributed by atoms with van der Waals surface area (Å²) in [5, 5.41) is 10.8. The van der Waals surface area contributed by atoms with E-state index in [1.54, 1.807) is 35.3 Å². The molecule has 2 rings (SSSR count). The molecular weight excluding hydrogens is 170 g/mol. The maximum atomic E-state index is 10.4. The van der Waals surface area contributed by atoms with E-state index in [2.05, 4.69) is 10.3 Å². The first-order valence-electron chi connectivity index (χ1n) is 3.68. The minimum absolute atomic E-state index is 0.535. The van der Waals surface area contributed by atoms with E-state index >= 15 is 0 Å². The van der Waals surface area contributed by atoms with E-state index in [0.717, 1.165) is 5.52 Å². The number of anilines is 1. The van der Waals surface area contributed by atoms with Crippen molar-refractivity contribution >= 4 is 17.3 Å². The molecule has 0 atom stereocenters. The van der Waals surface area contributed by atoms with Gasteiger partial charge in [-0.2, -0.15) is 0 Å². The summed E-state index contributed by atoms with van der Waals surface area (Å²) in [7, 11) is 0. The van der Waals surface area contributed by atoms with Gasteiger partial charge in [0.25, 0.3) is 0 Å². The average Bonchev–Trinajstić information content (AvgIpc) is 2.51. The average molecular weight is 177 g/mol. The van der Waals surface area contributed by atoms with Crippen LogP contribution in [0.1, 0.15) is 0 Å². The highest BCUT2D eigenvalue weighted by molar-refractivity contribution is 5.89. The summed E-state index contributed by atoms with van der Waals surface area (Å²) in [5.74, 6) is 0. The van der Waals surface area contributed by atoms with Crippen molar-refractivity contribution in [3.63, 3.8) is 0 Å². The number of nitrogens with one attached hydrogen (secondary N) is 1. The molecule has 0 aliphatic rings. The lowest BCUT2D eigenvalue weighted by Gasteiger charge is -2.01. The molecule has 2 aromatic rings. The van der Waals surface area contributed by atoms with Crippen molar-refractivity contribution in [2.45, 2.75) is 0 Å². The van der Waals surface area contributed by atoms with Crippen LogP contribution in [0.3, 0.4) is 0 Å². The third-order valence-corrected chi connectivity index (χ3v) is 1.69. The number of imidazole rings is 1. The van der Waals surface area contributed by atoms with Crippen molar-refractivity contribution in [1.29, 1.82) is 0 Å². The van der Waals surface area contributed by atoms with Gasteiger partial charge in [-0.15, -0.1) is 0 Å². The molecule has 0 aliphatic heterocycles. The Balaban J connectivity index is 2.54. The van der Waals surface area contributed by atoms with Crippen LogP contribution in [0.15, 0.2) is 30.9 Å². The van der Waals surface area contributed by atoms with E-state index in [-0.39, 0.29) is 0 Å². The maximum absolute atomic E-state index is 10.4. The molecule has 1 amide bonds. The Morgan fingerprint density at radius 3 is 3.23 bits per heavy atom. The summed E-state index contributed by atoms with van der Waals surface area (Å²) in [6.07, 6.45) is 3.94. The van der Waals surface area contributed by atoms with Gasteiger partial charge in [-0.25, -0.2) is 9.78 Å². The number of carboxylic acid groups (broad SMARTS) is 1. The highest BCUT2D eigenvalue weighted by Crippen LogP contribution is 2.15. The zero-order valence-corrected chi connectivity index (χ0v) is 6.64. The molecule has 66 valence electrons. The third kappa shape index (κ3) is 1.31. The van der Waals surface area contributed by atoms with Crippen LogP contribution in [-0.2, 0) is 0 Å². The van der Waals surface area contributed by atoms with Gasteiger partial charge in [0, 0.05) is 6.20 Å². The van der Waals surface area contributed by atoms with Crippen molar-refractivity contribution in [2.75, 3.05) is 5.32 Å². The van der Waals surface area contributed by atoms with Crippen molar-refractivity contribution < 1.29 is 9.90 Å². The Morgan fingerprint density at radius 2 is 2.46 bits per heavy atom. The fraction of sp³-hybridized carbons (Fsp3) is 0. The molecule has 0 aromatic carbocycles. The Kier molecular flexibility index (Phi) is 1.63. The molecule has 0 aliphatic carbocycles. The van der Waals surface area contributed by atoms with Gasteiger partial charge in [-0.05, 0) is 12.1 Å². The fourth-order valence-electron chi connectivity index (χ4n) is 1.17. The predicted octanol–water partition coefficient (Wildman–Crippen LogP) is 1.42. The van der Waals surface area contributed by atoms with Crippen LogP contribution < -0.4 is 5.32 Å². The highest BCUT2D eigenvalue weighted by Gasteiger charge is 2.02. The Labute approximate surface area is 73.6 Å². The van der Waals surface area contributed by atoms with E-state index in [9.17, 15) is 4.79 Å². The Bertz CT molecular complexity index is 449. The summed E-state index contributed by atoms with van der Waals surface area (Å²) >= 11 is 0. The summed E-state index contributed by atoms with van der Waals surface area (Å²) in [6, 6.07) is 3.44. The first-order chi connectivity index (χ1) is 6.27. The molecule has 0 bridgehead atoms. The normalized spacial score (nSPS) is 10.2. The topological polar surface area (TPSA) is 66.6 Å². The summed E-state index contributed by atoms with van der Waals surface area (Å²) in [5.41, 5.74) is 1.28. The van der Waals surface area contributed by atoms with Gasteiger partial charge >= 0.3 is 6.09 Å². The van der Waals surface area contributed by atoms with Crippen molar-refractivity contribution in [3.05, 3.63) is 30.9 Å². The van der Waals surface area contributed by atoms with Crippen LogP contribution in [0.2, 0.25) is 0 Å². The van der Waals surface area contributed by atoms with Crippen LogP contribution in [-0.4, -0.2) is 20.6 Å². The highest BCUT2D eigenvalue weighted by atomic mass is 16.4. The van der Waals surface area contributed by atoms with Crippen molar-refractivity contribution in [3.8, 4) is 0 Å². The molecule has 0 fully saturated rings. The second-order valence-corrected chi connectivity index (χ2v) is 2.54. The molecule has 0 saturated carbocycles. The van der Waals surface area contributed by atoms with Gasteiger partial charge in [0.15, 0.2) is 0 Å². The molecule has 0 unspecified atom stereocenters. The maximum Gasteiger partial charge on any atom is 0.409 e. The number of pyridine rings is 1. The molecule has 13 heavy (non-hydrogen) atoms. The molecular formula is C8H7N3O2. The van der Waals surface area contributed by atoms with Crippen molar-refractivity contribution in [1.82, 2.24) is 9.38 Å². The minimum Gasteiger partial charge on any atom is -0.465 e.